The van der Waals surface area contributed by atoms with Gasteiger partial charge in [-0.15, -0.1) is 0 Å². The first-order valence-corrected chi connectivity index (χ1v) is 9.40. The van der Waals surface area contributed by atoms with E-state index in [2.05, 4.69) is 5.10 Å². The first-order chi connectivity index (χ1) is 11.6. The van der Waals surface area contributed by atoms with Crippen LogP contribution in [0.4, 0.5) is 5.69 Å². The Morgan fingerprint density at radius 3 is 2.50 bits per heavy atom. The number of nitriles is 1. The lowest BCUT2D eigenvalue weighted by atomic mass is 10.2. The summed E-state index contributed by atoms with van der Waals surface area (Å²) in [7, 11) is -3.99. The van der Waals surface area contributed by atoms with E-state index >= 15 is 0 Å². The van der Waals surface area contributed by atoms with Gasteiger partial charge >= 0.3 is 0 Å². The molecule has 0 N–H and O–H groups in total. The van der Waals surface area contributed by atoms with Gasteiger partial charge in [-0.25, -0.2) is 13.4 Å². The molecule has 24 heavy (non-hydrogen) atoms. The SMILES string of the molecule is N#CCN1N=C(C(=O)N2CCCCCC2)S(=O)(=O)c2ccccc21. The molecule has 0 bridgehead atoms. The largest absolute Gasteiger partial charge is 0.337 e. The lowest BCUT2D eigenvalue weighted by Crippen LogP contribution is -2.43. The third-order valence-electron chi connectivity index (χ3n) is 4.20. The molecule has 0 spiro atoms. The van der Waals surface area contributed by atoms with Crippen LogP contribution in [0.15, 0.2) is 34.3 Å². The summed E-state index contributed by atoms with van der Waals surface area (Å²) >= 11 is 0. The second-order valence-corrected chi connectivity index (χ2v) is 7.63. The lowest BCUT2D eigenvalue weighted by Gasteiger charge is -2.27. The minimum Gasteiger partial charge on any atom is -0.337 e. The number of carbonyl (C=O) groups excluding carboxylic acids is 1. The van der Waals surface area contributed by atoms with E-state index in [4.69, 9.17) is 5.26 Å². The van der Waals surface area contributed by atoms with Crippen molar-refractivity contribution in [2.45, 2.75) is 30.6 Å². The summed E-state index contributed by atoms with van der Waals surface area (Å²) in [5, 5.41) is 13.8. The van der Waals surface area contributed by atoms with Crippen molar-refractivity contribution in [2.24, 2.45) is 5.10 Å². The van der Waals surface area contributed by atoms with Gasteiger partial charge in [-0.2, -0.15) is 10.4 Å². The van der Waals surface area contributed by atoms with Gasteiger partial charge in [0.2, 0.25) is 14.9 Å². The molecule has 1 saturated heterocycles. The molecule has 1 fully saturated rings. The predicted molar refractivity (Wildman–Crippen MR) is 89.1 cm³/mol. The number of para-hydroxylation sites is 1. The molecule has 1 aromatic carbocycles. The molecule has 0 unspecified atom stereocenters. The molecule has 0 atom stereocenters. The lowest BCUT2D eigenvalue weighted by molar-refractivity contribution is -0.123. The van der Waals surface area contributed by atoms with Crippen molar-refractivity contribution in [3.63, 3.8) is 0 Å². The highest BCUT2D eigenvalue weighted by Gasteiger charge is 2.39. The number of hydrazone groups is 1. The molecular formula is C16H18N4O3S. The van der Waals surface area contributed by atoms with Crippen molar-refractivity contribution < 1.29 is 13.2 Å². The Balaban J connectivity index is 2.03. The Morgan fingerprint density at radius 1 is 1.17 bits per heavy atom. The van der Waals surface area contributed by atoms with Gasteiger partial charge in [0.15, 0.2) is 0 Å². The second kappa shape index (κ2) is 6.61. The molecule has 8 heteroatoms. The Hall–Kier alpha value is -2.40. The molecule has 0 aliphatic carbocycles. The molecule has 2 heterocycles. The average Bonchev–Trinajstić information content (AvgIpc) is 2.86. The zero-order valence-corrected chi connectivity index (χ0v) is 14.0. The number of sulfone groups is 1. The number of hydrogen-bond acceptors (Lipinski definition) is 6. The van der Waals surface area contributed by atoms with Crippen molar-refractivity contribution >= 4 is 26.5 Å². The Labute approximate surface area is 141 Å². The molecular weight excluding hydrogens is 328 g/mol. The molecule has 0 aromatic heterocycles. The highest BCUT2D eigenvalue weighted by Crippen LogP contribution is 2.31. The van der Waals surface area contributed by atoms with Crippen molar-refractivity contribution in [3.8, 4) is 6.07 Å². The summed E-state index contributed by atoms with van der Waals surface area (Å²) in [6.45, 7) is 0.948. The van der Waals surface area contributed by atoms with E-state index in [0.29, 0.717) is 18.8 Å². The summed E-state index contributed by atoms with van der Waals surface area (Å²) < 4.78 is 25.7. The Kier molecular flexibility index (Phi) is 4.53. The first-order valence-electron chi connectivity index (χ1n) is 7.92. The van der Waals surface area contributed by atoms with Gasteiger partial charge in [-0.05, 0) is 25.0 Å². The molecule has 2 aliphatic heterocycles. The minimum atomic E-state index is -3.99. The number of rotatable bonds is 2. The summed E-state index contributed by atoms with van der Waals surface area (Å²) in [4.78, 5) is 14.4. The molecule has 126 valence electrons. The maximum atomic E-state index is 12.8. The molecule has 3 rings (SSSR count). The number of hydrogen-bond donors (Lipinski definition) is 0. The fourth-order valence-electron chi connectivity index (χ4n) is 2.97. The maximum Gasteiger partial charge on any atom is 0.286 e. The van der Waals surface area contributed by atoms with Crippen LogP contribution < -0.4 is 5.01 Å². The van der Waals surface area contributed by atoms with Crippen molar-refractivity contribution in [1.29, 1.82) is 5.26 Å². The number of nitrogens with zero attached hydrogens (tertiary/aromatic N) is 4. The summed E-state index contributed by atoms with van der Waals surface area (Å²) in [5.74, 6) is -0.575. The van der Waals surface area contributed by atoms with E-state index in [1.807, 2.05) is 6.07 Å². The van der Waals surface area contributed by atoms with Crippen LogP contribution in [0.1, 0.15) is 25.7 Å². The van der Waals surface area contributed by atoms with Gasteiger partial charge in [-0.1, -0.05) is 25.0 Å². The second-order valence-electron chi connectivity index (χ2n) is 5.80. The fraction of sp³-hybridized carbons (Fsp3) is 0.438. The van der Waals surface area contributed by atoms with E-state index < -0.39 is 20.8 Å². The van der Waals surface area contributed by atoms with Crippen LogP contribution in [-0.2, 0) is 14.6 Å². The van der Waals surface area contributed by atoms with E-state index in [0.717, 1.165) is 25.7 Å². The third-order valence-corrected chi connectivity index (χ3v) is 5.89. The quantitative estimate of drug-likeness (QED) is 0.757. The average molecular weight is 346 g/mol. The maximum absolute atomic E-state index is 12.8. The molecule has 2 aliphatic rings. The van der Waals surface area contributed by atoms with E-state index in [1.165, 1.54) is 11.1 Å². The van der Waals surface area contributed by atoms with Crippen LogP contribution in [-0.4, -0.2) is 43.9 Å². The number of benzene rings is 1. The number of fused-ring (bicyclic) bond motifs is 1. The van der Waals surface area contributed by atoms with Crippen LogP contribution in [0.3, 0.4) is 0 Å². The minimum absolute atomic E-state index is 0.0217. The highest BCUT2D eigenvalue weighted by atomic mass is 32.2. The van der Waals surface area contributed by atoms with Gasteiger partial charge in [0.05, 0.1) is 16.7 Å². The van der Waals surface area contributed by atoms with Crippen LogP contribution >= 0.6 is 0 Å². The smallest absolute Gasteiger partial charge is 0.286 e. The number of anilines is 1. The zero-order valence-electron chi connectivity index (χ0n) is 13.2. The van der Waals surface area contributed by atoms with Crippen molar-refractivity contribution in [2.75, 3.05) is 24.6 Å². The van der Waals surface area contributed by atoms with Gasteiger partial charge in [0.1, 0.15) is 6.54 Å². The molecule has 1 amide bonds. The standard InChI is InChI=1S/C16H18N4O3S/c17-9-12-20-13-7-3-4-8-14(13)24(22,23)15(18-20)16(21)19-10-5-1-2-6-11-19/h3-4,7-8H,1-2,5-6,10-12H2. The van der Waals surface area contributed by atoms with Gasteiger partial charge < -0.3 is 4.90 Å². The fourth-order valence-corrected chi connectivity index (χ4v) is 4.45. The predicted octanol–water partition coefficient (Wildman–Crippen LogP) is 1.52. The molecule has 1 aromatic rings. The number of carbonyl (C=O) groups is 1. The number of likely N-dealkylation sites (tertiary alicyclic amines) is 1. The van der Waals surface area contributed by atoms with Gasteiger partial charge in [0, 0.05) is 13.1 Å². The van der Waals surface area contributed by atoms with E-state index in [1.54, 1.807) is 23.1 Å². The van der Waals surface area contributed by atoms with Gasteiger partial charge in [0.25, 0.3) is 5.91 Å². The summed E-state index contributed by atoms with van der Waals surface area (Å²) in [6.07, 6.45) is 3.79. The summed E-state index contributed by atoms with van der Waals surface area (Å²) in [5.41, 5.74) is 0.325. The van der Waals surface area contributed by atoms with E-state index in [-0.39, 0.29) is 11.4 Å². The normalized spacial score (nSPS) is 19.7. The molecule has 0 saturated carbocycles. The van der Waals surface area contributed by atoms with E-state index in [9.17, 15) is 13.2 Å². The Bertz CT molecular complexity index is 818. The van der Waals surface area contributed by atoms with Crippen LogP contribution in [0.2, 0.25) is 0 Å². The first kappa shape index (κ1) is 16.5. The number of amides is 1. The molecule has 0 radical (unpaired) electrons. The van der Waals surface area contributed by atoms with Crippen molar-refractivity contribution in [1.82, 2.24) is 4.90 Å². The van der Waals surface area contributed by atoms with Crippen molar-refractivity contribution in [3.05, 3.63) is 24.3 Å². The highest BCUT2D eigenvalue weighted by molar-refractivity contribution is 8.08. The third kappa shape index (κ3) is 2.87. The summed E-state index contributed by atoms with van der Waals surface area (Å²) in [6, 6.07) is 8.26. The van der Waals surface area contributed by atoms with Crippen LogP contribution in [0, 0.1) is 11.3 Å². The monoisotopic (exact) mass is 346 g/mol. The van der Waals surface area contributed by atoms with Gasteiger partial charge in [-0.3, -0.25) is 4.79 Å². The van der Waals surface area contributed by atoms with Crippen LogP contribution in [0.5, 0.6) is 0 Å². The molecule has 7 nitrogen and oxygen atoms in total. The topological polar surface area (TPSA) is 93.8 Å². The zero-order chi connectivity index (χ0) is 17.2. The Morgan fingerprint density at radius 2 is 1.83 bits per heavy atom. The van der Waals surface area contributed by atoms with Crippen LogP contribution in [0.25, 0.3) is 0 Å².